The molecule has 1 unspecified atom stereocenters. The maximum Gasteiger partial charge on any atom is 0.267 e. The monoisotopic (exact) mass is 301 g/mol. The maximum absolute atomic E-state index is 12.4. The second kappa shape index (κ2) is 6.01. The number of hydrogen-bond acceptors (Lipinski definition) is 3. The Labute approximate surface area is 130 Å². The molecule has 2 aromatic rings. The van der Waals surface area contributed by atoms with E-state index in [1.807, 2.05) is 24.3 Å². The van der Waals surface area contributed by atoms with E-state index >= 15 is 0 Å². The fourth-order valence-corrected chi connectivity index (χ4v) is 2.99. The number of carbonyl (C=O) groups is 1. The lowest BCUT2D eigenvalue weighted by molar-refractivity contribution is 0.0932. The van der Waals surface area contributed by atoms with E-state index in [1.54, 1.807) is 7.11 Å². The third-order valence-corrected chi connectivity index (χ3v) is 4.36. The molecule has 5 nitrogen and oxygen atoms in total. The van der Waals surface area contributed by atoms with Gasteiger partial charge in [0.2, 0.25) is 0 Å². The smallest absolute Gasteiger partial charge is 0.267 e. The van der Waals surface area contributed by atoms with Gasteiger partial charge in [0.1, 0.15) is 11.4 Å². The zero-order chi connectivity index (χ0) is 15.7. The molecular weight excluding hydrogens is 278 g/mol. The molecule has 1 amide bonds. The van der Waals surface area contributed by atoms with Crippen LogP contribution in [0, 0.1) is 0 Å². The Morgan fingerprint density at radius 1 is 1.41 bits per heavy atom. The van der Waals surface area contributed by atoms with Crippen LogP contribution in [0.4, 0.5) is 0 Å². The first kappa shape index (κ1) is 14.9. The van der Waals surface area contributed by atoms with Gasteiger partial charge >= 0.3 is 0 Å². The lowest BCUT2D eigenvalue weighted by Gasteiger charge is -2.20. The molecule has 1 fully saturated rings. The SMILES string of the molecule is COc1ccc2cc(C(=O)NC3CCN(C(C)C)C3)[nH]c2c1. The van der Waals surface area contributed by atoms with Gasteiger partial charge < -0.3 is 15.0 Å². The summed E-state index contributed by atoms with van der Waals surface area (Å²) in [7, 11) is 1.64. The van der Waals surface area contributed by atoms with E-state index in [9.17, 15) is 4.79 Å². The van der Waals surface area contributed by atoms with Crippen molar-refractivity contribution in [3.05, 3.63) is 30.0 Å². The van der Waals surface area contributed by atoms with Crippen molar-refractivity contribution in [2.24, 2.45) is 0 Å². The minimum Gasteiger partial charge on any atom is -0.497 e. The molecular formula is C17H23N3O2. The fourth-order valence-electron chi connectivity index (χ4n) is 2.99. The van der Waals surface area contributed by atoms with Gasteiger partial charge in [-0.25, -0.2) is 0 Å². The summed E-state index contributed by atoms with van der Waals surface area (Å²) in [5.41, 5.74) is 1.52. The van der Waals surface area contributed by atoms with Crippen molar-refractivity contribution in [1.82, 2.24) is 15.2 Å². The van der Waals surface area contributed by atoms with Gasteiger partial charge in [-0.2, -0.15) is 0 Å². The van der Waals surface area contributed by atoms with Gasteiger partial charge in [0.15, 0.2) is 0 Å². The second-order valence-corrected chi connectivity index (χ2v) is 6.18. The molecule has 1 aromatic heterocycles. The van der Waals surface area contributed by atoms with Crippen LogP contribution in [0.1, 0.15) is 30.8 Å². The van der Waals surface area contributed by atoms with Crippen molar-refractivity contribution < 1.29 is 9.53 Å². The third-order valence-electron chi connectivity index (χ3n) is 4.36. The minimum atomic E-state index is -0.0363. The van der Waals surface area contributed by atoms with Gasteiger partial charge in [0.25, 0.3) is 5.91 Å². The van der Waals surface area contributed by atoms with Gasteiger partial charge in [0, 0.05) is 42.1 Å². The van der Waals surface area contributed by atoms with E-state index < -0.39 is 0 Å². The van der Waals surface area contributed by atoms with Crippen LogP contribution in [0.5, 0.6) is 5.75 Å². The van der Waals surface area contributed by atoms with E-state index in [2.05, 4.69) is 29.0 Å². The molecule has 0 bridgehead atoms. The Kier molecular flexibility index (Phi) is 4.07. The standard InChI is InChI=1S/C17H23N3O2/c1-11(2)20-7-6-13(10-20)18-17(21)16-8-12-4-5-14(22-3)9-15(12)19-16/h4-5,8-9,11,13,19H,6-7,10H2,1-3H3,(H,18,21). The number of likely N-dealkylation sites (tertiary alicyclic amines) is 1. The number of fused-ring (bicyclic) bond motifs is 1. The third kappa shape index (κ3) is 2.95. The Bertz CT molecular complexity index is 678. The first-order chi connectivity index (χ1) is 10.6. The summed E-state index contributed by atoms with van der Waals surface area (Å²) in [6.07, 6.45) is 1.01. The summed E-state index contributed by atoms with van der Waals surface area (Å²) in [6.45, 7) is 6.36. The number of nitrogens with one attached hydrogen (secondary N) is 2. The molecule has 118 valence electrons. The maximum atomic E-state index is 12.4. The molecule has 0 saturated carbocycles. The lowest BCUT2D eigenvalue weighted by Crippen LogP contribution is -2.38. The summed E-state index contributed by atoms with van der Waals surface area (Å²) in [5.74, 6) is 0.746. The van der Waals surface area contributed by atoms with Crippen molar-refractivity contribution >= 4 is 16.8 Å². The van der Waals surface area contributed by atoms with Gasteiger partial charge in [-0.3, -0.25) is 9.69 Å². The first-order valence-corrected chi connectivity index (χ1v) is 7.78. The Balaban J connectivity index is 1.70. The predicted molar refractivity (Wildman–Crippen MR) is 87.4 cm³/mol. The minimum absolute atomic E-state index is 0.0363. The molecule has 0 radical (unpaired) electrons. The summed E-state index contributed by atoms with van der Waals surface area (Å²) in [6, 6.07) is 8.41. The quantitative estimate of drug-likeness (QED) is 0.911. The molecule has 3 rings (SSSR count). The molecule has 1 atom stereocenters. The number of ether oxygens (including phenoxy) is 1. The number of H-pyrrole nitrogens is 1. The van der Waals surface area contributed by atoms with E-state index in [-0.39, 0.29) is 11.9 Å². The zero-order valence-corrected chi connectivity index (χ0v) is 13.3. The molecule has 2 heterocycles. The lowest BCUT2D eigenvalue weighted by atomic mass is 10.2. The van der Waals surface area contributed by atoms with Crippen LogP contribution in [-0.2, 0) is 0 Å². The molecule has 1 aliphatic rings. The van der Waals surface area contributed by atoms with Gasteiger partial charge in [0.05, 0.1) is 7.11 Å². The molecule has 1 aliphatic heterocycles. The van der Waals surface area contributed by atoms with Crippen LogP contribution in [0.2, 0.25) is 0 Å². The summed E-state index contributed by atoms with van der Waals surface area (Å²) < 4.78 is 5.21. The van der Waals surface area contributed by atoms with Crippen LogP contribution in [0.25, 0.3) is 10.9 Å². The van der Waals surface area contributed by atoms with Gasteiger partial charge in [-0.05, 0) is 38.5 Å². The molecule has 2 N–H and O–H groups in total. The highest BCUT2D eigenvalue weighted by Gasteiger charge is 2.26. The normalized spacial score (nSPS) is 19.0. The topological polar surface area (TPSA) is 57.4 Å². The van der Waals surface area contributed by atoms with E-state index in [0.29, 0.717) is 11.7 Å². The Morgan fingerprint density at radius 2 is 2.23 bits per heavy atom. The molecule has 1 saturated heterocycles. The number of carbonyl (C=O) groups excluding carboxylic acids is 1. The molecule has 1 aromatic carbocycles. The zero-order valence-electron chi connectivity index (χ0n) is 13.3. The van der Waals surface area contributed by atoms with Gasteiger partial charge in [-0.15, -0.1) is 0 Å². The fraction of sp³-hybridized carbons (Fsp3) is 0.471. The van der Waals surface area contributed by atoms with Crippen molar-refractivity contribution in [1.29, 1.82) is 0 Å². The molecule has 0 aliphatic carbocycles. The highest BCUT2D eigenvalue weighted by molar-refractivity contribution is 5.98. The first-order valence-electron chi connectivity index (χ1n) is 7.78. The molecule has 5 heteroatoms. The highest BCUT2D eigenvalue weighted by atomic mass is 16.5. The van der Waals surface area contributed by atoms with Crippen LogP contribution in [0.3, 0.4) is 0 Å². The van der Waals surface area contributed by atoms with E-state index in [1.165, 1.54) is 0 Å². The Morgan fingerprint density at radius 3 is 2.91 bits per heavy atom. The summed E-state index contributed by atoms with van der Waals surface area (Å²) >= 11 is 0. The van der Waals surface area contributed by atoms with Crippen LogP contribution in [0.15, 0.2) is 24.3 Å². The number of hydrogen-bond donors (Lipinski definition) is 2. The van der Waals surface area contributed by atoms with Crippen LogP contribution < -0.4 is 10.1 Å². The van der Waals surface area contributed by atoms with Crippen molar-refractivity contribution in [2.45, 2.75) is 32.4 Å². The molecule has 22 heavy (non-hydrogen) atoms. The van der Waals surface area contributed by atoms with Crippen molar-refractivity contribution in [3.8, 4) is 5.75 Å². The molecule has 0 spiro atoms. The predicted octanol–water partition coefficient (Wildman–Crippen LogP) is 2.39. The number of nitrogens with zero attached hydrogens (tertiary/aromatic N) is 1. The number of aromatic amines is 1. The Hall–Kier alpha value is -2.01. The number of methoxy groups -OCH3 is 1. The number of aromatic nitrogens is 1. The van der Waals surface area contributed by atoms with Crippen molar-refractivity contribution in [3.63, 3.8) is 0 Å². The summed E-state index contributed by atoms with van der Waals surface area (Å²) in [4.78, 5) is 18.0. The van der Waals surface area contributed by atoms with Crippen molar-refractivity contribution in [2.75, 3.05) is 20.2 Å². The largest absolute Gasteiger partial charge is 0.497 e. The van der Waals surface area contributed by atoms with E-state index in [4.69, 9.17) is 4.74 Å². The van der Waals surface area contributed by atoms with Gasteiger partial charge in [-0.1, -0.05) is 0 Å². The number of amides is 1. The highest BCUT2D eigenvalue weighted by Crippen LogP contribution is 2.21. The second-order valence-electron chi connectivity index (χ2n) is 6.18. The summed E-state index contributed by atoms with van der Waals surface area (Å²) in [5, 5.41) is 4.14. The average Bonchev–Trinajstić information content (AvgIpc) is 3.12. The number of benzene rings is 1. The van der Waals surface area contributed by atoms with Crippen LogP contribution >= 0.6 is 0 Å². The average molecular weight is 301 g/mol. The van der Waals surface area contributed by atoms with E-state index in [0.717, 1.165) is 36.2 Å². The van der Waals surface area contributed by atoms with Crippen LogP contribution in [-0.4, -0.2) is 48.1 Å². The number of rotatable bonds is 4.